The topological polar surface area (TPSA) is 26.0 Å². The monoisotopic (exact) mass is 183 g/mol. The highest BCUT2D eigenvalue weighted by molar-refractivity contribution is 5.73. The summed E-state index contributed by atoms with van der Waals surface area (Å²) in [5, 5.41) is 0. The highest BCUT2D eigenvalue weighted by Gasteiger charge is 2.10. The van der Waals surface area contributed by atoms with Gasteiger partial charge in [-0.25, -0.2) is 13.8 Å². The Morgan fingerprint density at radius 2 is 2.15 bits per heavy atom. The van der Waals surface area contributed by atoms with Gasteiger partial charge >= 0.3 is 0 Å². The highest BCUT2D eigenvalue weighted by Crippen LogP contribution is 2.20. The Bertz CT molecular complexity index is 450. The van der Waals surface area contributed by atoms with Crippen LogP contribution in [-0.4, -0.2) is 4.98 Å². The molecule has 0 spiro atoms. The summed E-state index contributed by atoms with van der Waals surface area (Å²) in [6.07, 6.45) is 0.565. The lowest BCUT2D eigenvalue weighted by Crippen LogP contribution is -1.79. The molecule has 0 fully saturated rings. The maximum absolute atomic E-state index is 13.0. The van der Waals surface area contributed by atoms with Crippen LogP contribution in [0.3, 0.4) is 0 Å². The summed E-state index contributed by atoms with van der Waals surface area (Å²) in [6, 6.07) is 1.94. The minimum absolute atomic E-state index is 0.0262. The minimum atomic E-state index is -0.706. The molecule has 2 aromatic rings. The molecule has 1 heterocycles. The summed E-state index contributed by atoms with van der Waals surface area (Å²) in [4.78, 5) is 3.91. The highest BCUT2D eigenvalue weighted by atomic mass is 19.1. The molecule has 0 unspecified atom stereocenters. The minimum Gasteiger partial charge on any atom is -0.438 e. The lowest BCUT2D eigenvalue weighted by Gasteiger charge is -1.89. The number of hydrogen-bond acceptors (Lipinski definition) is 2. The first-order valence-electron chi connectivity index (χ1n) is 3.95. The Balaban J connectivity index is 2.75. The van der Waals surface area contributed by atoms with Gasteiger partial charge in [0.15, 0.2) is 17.3 Å². The van der Waals surface area contributed by atoms with Crippen molar-refractivity contribution >= 4 is 11.1 Å². The zero-order valence-electron chi connectivity index (χ0n) is 6.97. The molecule has 0 aliphatic heterocycles. The van der Waals surface area contributed by atoms with Crippen LogP contribution in [0.25, 0.3) is 11.1 Å². The molecule has 2 nitrogen and oxygen atoms in total. The number of benzene rings is 1. The molecule has 0 aliphatic carbocycles. The number of fused-ring (bicyclic) bond motifs is 1. The second-order valence-electron chi connectivity index (χ2n) is 2.70. The van der Waals surface area contributed by atoms with E-state index >= 15 is 0 Å². The van der Waals surface area contributed by atoms with Gasteiger partial charge in [0.1, 0.15) is 11.3 Å². The molecule has 13 heavy (non-hydrogen) atoms. The molecular weight excluding hydrogens is 176 g/mol. The van der Waals surface area contributed by atoms with Crippen molar-refractivity contribution in [3.05, 3.63) is 29.7 Å². The number of aromatic nitrogens is 1. The molecule has 4 heteroatoms. The van der Waals surface area contributed by atoms with Crippen LogP contribution in [0.5, 0.6) is 0 Å². The van der Waals surface area contributed by atoms with Crippen LogP contribution in [0.2, 0.25) is 0 Å². The largest absolute Gasteiger partial charge is 0.438 e. The Labute approximate surface area is 73.2 Å². The molecule has 2 rings (SSSR count). The first kappa shape index (κ1) is 8.16. The summed E-state index contributed by atoms with van der Waals surface area (Å²) in [7, 11) is 0. The summed E-state index contributed by atoms with van der Waals surface area (Å²) < 4.78 is 30.8. The predicted molar refractivity (Wildman–Crippen MR) is 43.3 cm³/mol. The van der Waals surface area contributed by atoms with Crippen molar-refractivity contribution in [1.29, 1.82) is 0 Å². The molecule has 0 amide bonds. The van der Waals surface area contributed by atoms with Gasteiger partial charge in [0.25, 0.3) is 0 Å². The quantitative estimate of drug-likeness (QED) is 0.679. The van der Waals surface area contributed by atoms with E-state index in [1.165, 1.54) is 0 Å². The third kappa shape index (κ3) is 1.28. The molecule has 0 saturated heterocycles. The summed E-state index contributed by atoms with van der Waals surface area (Å²) in [5.41, 5.74) is 0.257. The van der Waals surface area contributed by atoms with Gasteiger partial charge in [-0.15, -0.1) is 0 Å². The van der Waals surface area contributed by atoms with Crippen LogP contribution in [0.15, 0.2) is 16.5 Å². The molecule has 0 aliphatic rings. The molecule has 1 aromatic carbocycles. The van der Waals surface area contributed by atoms with Crippen molar-refractivity contribution in [2.24, 2.45) is 0 Å². The lowest BCUT2D eigenvalue weighted by atomic mass is 10.3. The van der Waals surface area contributed by atoms with E-state index in [1.807, 2.05) is 6.92 Å². The molecule has 0 bridgehead atoms. The van der Waals surface area contributed by atoms with Gasteiger partial charge in [0.05, 0.1) is 0 Å². The lowest BCUT2D eigenvalue weighted by molar-refractivity contribution is 0.508. The zero-order valence-corrected chi connectivity index (χ0v) is 6.97. The number of rotatable bonds is 1. The third-order valence-corrected chi connectivity index (χ3v) is 1.76. The van der Waals surface area contributed by atoms with E-state index in [0.717, 1.165) is 12.1 Å². The van der Waals surface area contributed by atoms with Crippen molar-refractivity contribution in [2.45, 2.75) is 13.3 Å². The van der Waals surface area contributed by atoms with Crippen LogP contribution in [0.4, 0.5) is 8.78 Å². The van der Waals surface area contributed by atoms with Crippen molar-refractivity contribution in [3.8, 4) is 0 Å². The van der Waals surface area contributed by atoms with Gasteiger partial charge in [0, 0.05) is 18.6 Å². The average Bonchev–Trinajstić information content (AvgIpc) is 2.47. The molecule has 0 N–H and O–H groups in total. The van der Waals surface area contributed by atoms with Gasteiger partial charge < -0.3 is 4.42 Å². The smallest absolute Gasteiger partial charge is 0.195 e. The van der Waals surface area contributed by atoms with Gasteiger partial charge in [-0.1, -0.05) is 6.92 Å². The van der Waals surface area contributed by atoms with E-state index in [4.69, 9.17) is 4.42 Å². The third-order valence-electron chi connectivity index (χ3n) is 1.76. The maximum atomic E-state index is 13.0. The molecule has 1 aromatic heterocycles. The average molecular weight is 183 g/mol. The van der Waals surface area contributed by atoms with Gasteiger partial charge in [-0.2, -0.15) is 0 Å². The molecule has 0 saturated carbocycles. The Morgan fingerprint density at radius 3 is 2.85 bits per heavy atom. The van der Waals surface area contributed by atoms with Crippen molar-refractivity contribution in [3.63, 3.8) is 0 Å². The van der Waals surface area contributed by atoms with Gasteiger partial charge in [0.2, 0.25) is 0 Å². The van der Waals surface area contributed by atoms with Crippen molar-refractivity contribution < 1.29 is 13.2 Å². The number of halogens is 2. The first-order valence-corrected chi connectivity index (χ1v) is 3.95. The Kier molecular flexibility index (Phi) is 1.76. The molecule has 0 atom stereocenters. The van der Waals surface area contributed by atoms with Crippen LogP contribution in [-0.2, 0) is 6.42 Å². The number of nitrogens with zero attached hydrogens (tertiary/aromatic N) is 1. The van der Waals surface area contributed by atoms with Gasteiger partial charge in [-0.3, -0.25) is 0 Å². The number of aryl methyl sites for hydroxylation is 1. The SMILES string of the molecule is CCc1nc2cc(F)cc(F)c2o1. The molecular formula is C9H7F2NO. The van der Waals surface area contributed by atoms with E-state index in [2.05, 4.69) is 4.98 Å². The molecule has 68 valence electrons. The number of hydrogen-bond donors (Lipinski definition) is 0. The van der Waals surface area contributed by atoms with Crippen molar-refractivity contribution in [1.82, 2.24) is 4.98 Å². The second kappa shape index (κ2) is 2.80. The van der Waals surface area contributed by atoms with Crippen LogP contribution in [0, 0.1) is 11.6 Å². The maximum Gasteiger partial charge on any atom is 0.195 e. The predicted octanol–water partition coefficient (Wildman–Crippen LogP) is 2.67. The standard InChI is InChI=1S/C9H7F2NO/c1-2-8-12-7-4-5(10)3-6(11)9(7)13-8/h3-4H,2H2,1H3. The Hall–Kier alpha value is -1.45. The second-order valence-corrected chi connectivity index (χ2v) is 2.70. The normalized spacial score (nSPS) is 11.0. The molecule has 0 radical (unpaired) electrons. The van der Waals surface area contributed by atoms with Gasteiger partial charge in [-0.05, 0) is 0 Å². The van der Waals surface area contributed by atoms with Crippen LogP contribution < -0.4 is 0 Å². The Morgan fingerprint density at radius 1 is 1.38 bits per heavy atom. The van der Waals surface area contributed by atoms with E-state index in [0.29, 0.717) is 12.3 Å². The van der Waals surface area contributed by atoms with Crippen molar-refractivity contribution in [2.75, 3.05) is 0 Å². The zero-order chi connectivity index (χ0) is 9.42. The first-order chi connectivity index (χ1) is 6.20. The summed E-state index contributed by atoms with van der Waals surface area (Å²) in [6.45, 7) is 1.83. The fourth-order valence-corrected chi connectivity index (χ4v) is 1.16. The van der Waals surface area contributed by atoms with Crippen LogP contribution >= 0.6 is 0 Å². The van der Waals surface area contributed by atoms with E-state index in [1.54, 1.807) is 0 Å². The summed E-state index contributed by atoms with van der Waals surface area (Å²) >= 11 is 0. The fraction of sp³-hybridized carbons (Fsp3) is 0.222. The van der Waals surface area contributed by atoms with E-state index in [9.17, 15) is 8.78 Å². The summed E-state index contributed by atoms with van der Waals surface area (Å²) in [5.74, 6) is -0.928. The van der Waals surface area contributed by atoms with Crippen LogP contribution in [0.1, 0.15) is 12.8 Å². The van der Waals surface area contributed by atoms with E-state index < -0.39 is 11.6 Å². The van der Waals surface area contributed by atoms with E-state index in [-0.39, 0.29) is 11.1 Å². The number of oxazole rings is 1. The fourth-order valence-electron chi connectivity index (χ4n) is 1.16.